The Kier molecular flexibility index (Phi) is 3.17. The van der Waals surface area contributed by atoms with Gasteiger partial charge in [-0.25, -0.2) is 4.98 Å². The Balaban J connectivity index is 2.18. The summed E-state index contributed by atoms with van der Waals surface area (Å²) in [6, 6.07) is 2.75. The highest BCUT2D eigenvalue weighted by atomic mass is 16.3. The van der Waals surface area contributed by atoms with Gasteiger partial charge in [0.2, 0.25) is 5.88 Å². The van der Waals surface area contributed by atoms with Gasteiger partial charge < -0.3 is 10.1 Å². The Morgan fingerprint density at radius 1 is 1.38 bits per heavy atom. The molecule has 7 heteroatoms. The van der Waals surface area contributed by atoms with Crippen LogP contribution in [0.4, 0.5) is 0 Å². The van der Waals surface area contributed by atoms with Crippen LogP contribution >= 0.6 is 0 Å². The number of aromatic hydroxyl groups is 1. The number of H-pyrrole nitrogens is 1. The van der Waals surface area contributed by atoms with E-state index in [2.05, 4.69) is 27.0 Å². The third kappa shape index (κ3) is 2.37. The number of rotatable bonds is 3. The zero-order valence-corrected chi connectivity index (χ0v) is 11.8. The second-order valence-corrected chi connectivity index (χ2v) is 4.86. The molecule has 3 rings (SSSR count). The molecule has 7 nitrogen and oxygen atoms in total. The lowest BCUT2D eigenvalue weighted by atomic mass is 10.2. The minimum absolute atomic E-state index is 0.213. The van der Waals surface area contributed by atoms with Crippen molar-refractivity contribution in [2.75, 3.05) is 0 Å². The van der Waals surface area contributed by atoms with Crippen molar-refractivity contribution >= 4 is 5.65 Å². The molecule has 0 aliphatic carbocycles. The zero-order valence-electron chi connectivity index (χ0n) is 11.8. The Bertz CT molecular complexity index is 865. The van der Waals surface area contributed by atoms with E-state index in [0.717, 1.165) is 30.3 Å². The lowest BCUT2D eigenvalue weighted by molar-refractivity contribution is 0.434. The second kappa shape index (κ2) is 5.01. The van der Waals surface area contributed by atoms with E-state index >= 15 is 0 Å². The molecule has 0 aliphatic rings. The number of aromatic nitrogens is 5. The van der Waals surface area contributed by atoms with Gasteiger partial charge in [0.1, 0.15) is 17.0 Å². The summed E-state index contributed by atoms with van der Waals surface area (Å²) < 4.78 is 1.27. The number of aromatic amines is 1. The van der Waals surface area contributed by atoms with Crippen molar-refractivity contribution in [3.63, 3.8) is 0 Å². The molecule has 3 heterocycles. The molecule has 2 N–H and O–H groups in total. The topological polar surface area (TPSA) is 96.2 Å². The van der Waals surface area contributed by atoms with Crippen LogP contribution in [0.1, 0.15) is 24.7 Å². The number of aryl methyl sites for hydroxylation is 2. The molecule has 0 unspecified atom stereocenters. The van der Waals surface area contributed by atoms with Crippen molar-refractivity contribution in [3.8, 4) is 17.3 Å². The van der Waals surface area contributed by atoms with Gasteiger partial charge in [0.25, 0.3) is 5.56 Å². The fourth-order valence-electron chi connectivity index (χ4n) is 2.21. The number of fused-ring (bicyclic) bond motifs is 1. The summed E-state index contributed by atoms with van der Waals surface area (Å²) in [6.07, 6.45) is 3.59. The largest absolute Gasteiger partial charge is 0.493 e. The molecule has 0 aromatic carbocycles. The van der Waals surface area contributed by atoms with E-state index in [4.69, 9.17) is 0 Å². The third-order valence-corrected chi connectivity index (χ3v) is 3.19. The molecule has 21 heavy (non-hydrogen) atoms. The van der Waals surface area contributed by atoms with Crippen LogP contribution in [0.2, 0.25) is 0 Å². The van der Waals surface area contributed by atoms with Crippen LogP contribution in [0.5, 0.6) is 5.88 Å². The SMILES string of the molecule is CCCc1cnc(C)c(-c2cc3[nH]c(=O)cc(O)n3n2)n1. The van der Waals surface area contributed by atoms with E-state index in [-0.39, 0.29) is 11.4 Å². The Morgan fingerprint density at radius 2 is 2.19 bits per heavy atom. The summed E-state index contributed by atoms with van der Waals surface area (Å²) in [7, 11) is 0. The van der Waals surface area contributed by atoms with E-state index in [1.807, 2.05) is 6.92 Å². The summed E-state index contributed by atoms with van der Waals surface area (Å²) in [5.74, 6) is -0.213. The van der Waals surface area contributed by atoms with Gasteiger partial charge >= 0.3 is 0 Å². The van der Waals surface area contributed by atoms with Crippen molar-refractivity contribution < 1.29 is 5.11 Å². The Morgan fingerprint density at radius 3 is 2.95 bits per heavy atom. The maximum Gasteiger partial charge on any atom is 0.254 e. The van der Waals surface area contributed by atoms with Crippen LogP contribution in [0.3, 0.4) is 0 Å². The predicted octanol–water partition coefficient (Wildman–Crippen LogP) is 1.45. The first-order chi connectivity index (χ1) is 10.1. The van der Waals surface area contributed by atoms with Gasteiger partial charge in [0, 0.05) is 12.3 Å². The van der Waals surface area contributed by atoms with E-state index in [1.54, 1.807) is 12.3 Å². The number of hydrogen-bond donors (Lipinski definition) is 2. The first kappa shape index (κ1) is 13.3. The first-order valence-electron chi connectivity index (χ1n) is 6.73. The molecular formula is C14H15N5O2. The summed E-state index contributed by atoms with van der Waals surface area (Å²) in [5, 5.41) is 14.0. The average molecular weight is 285 g/mol. The lowest BCUT2D eigenvalue weighted by Crippen LogP contribution is -2.06. The van der Waals surface area contributed by atoms with Crippen molar-refractivity contribution in [2.24, 2.45) is 0 Å². The monoisotopic (exact) mass is 285 g/mol. The zero-order chi connectivity index (χ0) is 15.0. The molecule has 0 amide bonds. The molecule has 0 radical (unpaired) electrons. The molecule has 0 aliphatic heterocycles. The molecular weight excluding hydrogens is 270 g/mol. The standard InChI is InChI=1S/C14H15N5O2/c1-3-4-9-7-15-8(2)14(16-9)10-5-11-17-12(20)6-13(21)19(11)18-10/h5-7,21H,3-4H2,1-2H3,(H,17,20). The molecule has 0 spiro atoms. The summed E-state index contributed by atoms with van der Waals surface area (Å²) in [4.78, 5) is 22.9. The van der Waals surface area contributed by atoms with Crippen molar-refractivity contribution in [1.82, 2.24) is 24.6 Å². The van der Waals surface area contributed by atoms with Gasteiger partial charge in [-0.1, -0.05) is 13.3 Å². The summed E-state index contributed by atoms with van der Waals surface area (Å²) in [6.45, 7) is 3.93. The van der Waals surface area contributed by atoms with Crippen LogP contribution < -0.4 is 5.56 Å². The highest BCUT2D eigenvalue weighted by molar-refractivity contribution is 5.62. The van der Waals surface area contributed by atoms with Gasteiger partial charge in [-0.3, -0.25) is 9.78 Å². The van der Waals surface area contributed by atoms with Crippen molar-refractivity contribution in [2.45, 2.75) is 26.7 Å². The fraction of sp³-hybridized carbons (Fsp3) is 0.286. The van der Waals surface area contributed by atoms with E-state index in [1.165, 1.54) is 4.52 Å². The summed E-state index contributed by atoms with van der Waals surface area (Å²) in [5.41, 5.74) is 2.90. The number of hydrogen-bond acceptors (Lipinski definition) is 5. The highest BCUT2D eigenvalue weighted by Crippen LogP contribution is 2.21. The predicted molar refractivity (Wildman–Crippen MR) is 77.2 cm³/mol. The van der Waals surface area contributed by atoms with Gasteiger partial charge in [0.15, 0.2) is 0 Å². The smallest absolute Gasteiger partial charge is 0.254 e. The summed E-state index contributed by atoms with van der Waals surface area (Å²) >= 11 is 0. The molecule has 3 aromatic heterocycles. The average Bonchev–Trinajstić information content (AvgIpc) is 2.85. The molecule has 108 valence electrons. The highest BCUT2D eigenvalue weighted by Gasteiger charge is 2.13. The van der Waals surface area contributed by atoms with Gasteiger partial charge in [0.05, 0.1) is 17.5 Å². The molecule has 3 aromatic rings. The first-order valence-corrected chi connectivity index (χ1v) is 6.73. The normalized spacial score (nSPS) is 11.1. The van der Waals surface area contributed by atoms with Crippen LogP contribution in [0.15, 0.2) is 23.1 Å². The van der Waals surface area contributed by atoms with Crippen molar-refractivity contribution in [1.29, 1.82) is 0 Å². The minimum atomic E-state index is -0.381. The maximum absolute atomic E-state index is 11.4. The third-order valence-electron chi connectivity index (χ3n) is 3.19. The van der Waals surface area contributed by atoms with Crippen LogP contribution in [0, 0.1) is 6.92 Å². The van der Waals surface area contributed by atoms with Gasteiger partial charge in [-0.2, -0.15) is 9.61 Å². The Hall–Kier alpha value is -2.70. The van der Waals surface area contributed by atoms with Crippen LogP contribution in [0.25, 0.3) is 17.0 Å². The van der Waals surface area contributed by atoms with Gasteiger partial charge in [-0.05, 0) is 13.3 Å². The second-order valence-electron chi connectivity index (χ2n) is 4.86. The Labute approximate surface area is 120 Å². The van der Waals surface area contributed by atoms with Crippen molar-refractivity contribution in [3.05, 3.63) is 40.1 Å². The van der Waals surface area contributed by atoms with E-state index < -0.39 is 0 Å². The number of nitrogens with zero attached hydrogens (tertiary/aromatic N) is 4. The molecule has 0 saturated heterocycles. The van der Waals surface area contributed by atoms with Crippen LogP contribution in [-0.4, -0.2) is 29.7 Å². The van der Waals surface area contributed by atoms with E-state index in [0.29, 0.717) is 17.0 Å². The maximum atomic E-state index is 11.4. The van der Waals surface area contributed by atoms with Crippen LogP contribution in [-0.2, 0) is 6.42 Å². The lowest BCUT2D eigenvalue weighted by Gasteiger charge is -2.03. The fourth-order valence-corrected chi connectivity index (χ4v) is 2.21. The quantitative estimate of drug-likeness (QED) is 0.759. The molecule has 0 saturated carbocycles. The minimum Gasteiger partial charge on any atom is -0.493 e. The molecule has 0 atom stereocenters. The van der Waals surface area contributed by atoms with E-state index in [9.17, 15) is 9.90 Å². The number of nitrogens with one attached hydrogen (secondary N) is 1. The molecule has 0 bridgehead atoms. The van der Waals surface area contributed by atoms with Gasteiger partial charge in [-0.15, -0.1) is 0 Å². The molecule has 0 fully saturated rings.